The van der Waals surface area contributed by atoms with E-state index in [1.54, 1.807) is 0 Å². The second-order valence-corrected chi connectivity index (χ2v) is 3.96. The number of rotatable bonds is 3. The molecule has 0 bridgehead atoms. The summed E-state index contributed by atoms with van der Waals surface area (Å²) in [4.78, 5) is 7.91. The standard InChI is InChI=1S/C7H2F4O5S/c8-2-3(9)5(11)7(17(13,14)15)6(4(2)10)16-1-12/h1H,(H,13,14,15). The molecule has 0 saturated carbocycles. The van der Waals surface area contributed by atoms with Gasteiger partial charge in [-0.1, -0.05) is 0 Å². The number of hydrogen-bond acceptors (Lipinski definition) is 4. The first-order valence-corrected chi connectivity index (χ1v) is 5.09. The minimum absolute atomic E-state index is 0.552. The van der Waals surface area contributed by atoms with Crippen LogP contribution in [-0.4, -0.2) is 19.4 Å². The number of carbonyl (C=O) groups is 1. The fourth-order valence-corrected chi connectivity index (χ4v) is 1.66. The molecule has 1 rings (SSSR count). The van der Waals surface area contributed by atoms with Crippen molar-refractivity contribution in [3.63, 3.8) is 0 Å². The smallest absolute Gasteiger partial charge is 0.301 e. The maximum absolute atomic E-state index is 13.0. The highest BCUT2D eigenvalue weighted by molar-refractivity contribution is 7.86. The minimum atomic E-state index is -5.45. The topological polar surface area (TPSA) is 80.7 Å². The quantitative estimate of drug-likeness (QED) is 0.293. The van der Waals surface area contributed by atoms with Crippen molar-refractivity contribution in [2.75, 3.05) is 0 Å². The number of ether oxygens (including phenoxy) is 1. The van der Waals surface area contributed by atoms with Gasteiger partial charge in [-0.05, 0) is 0 Å². The summed E-state index contributed by atoms with van der Waals surface area (Å²) in [7, 11) is -5.45. The van der Waals surface area contributed by atoms with E-state index >= 15 is 0 Å². The molecule has 1 N–H and O–H groups in total. The molecule has 0 aliphatic rings. The van der Waals surface area contributed by atoms with Crippen LogP contribution in [0.25, 0.3) is 0 Å². The van der Waals surface area contributed by atoms with Crippen molar-refractivity contribution in [3.8, 4) is 5.75 Å². The van der Waals surface area contributed by atoms with Crippen molar-refractivity contribution in [3.05, 3.63) is 23.3 Å². The van der Waals surface area contributed by atoms with E-state index in [1.165, 1.54) is 0 Å². The lowest BCUT2D eigenvalue weighted by atomic mass is 10.3. The molecule has 94 valence electrons. The molecule has 0 aromatic heterocycles. The lowest BCUT2D eigenvalue weighted by molar-refractivity contribution is -0.121. The Morgan fingerprint density at radius 3 is 1.88 bits per heavy atom. The number of benzene rings is 1. The SMILES string of the molecule is O=COc1c(F)c(F)c(F)c(F)c1S(=O)(=O)O. The van der Waals surface area contributed by atoms with Gasteiger partial charge in [0.1, 0.15) is 0 Å². The van der Waals surface area contributed by atoms with Crippen LogP contribution < -0.4 is 4.74 Å². The lowest BCUT2D eigenvalue weighted by Gasteiger charge is -2.08. The van der Waals surface area contributed by atoms with Crippen LogP contribution in [0.15, 0.2) is 4.90 Å². The van der Waals surface area contributed by atoms with Gasteiger partial charge in [0.2, 0.25) is 11.6 Å². The third-order valence-electron chi connectivity index (χ3n) is 1.61. The van der Waals surface area contributed by atoms with Crippen molar-refractivity contribution in [2.45, 2.75) is 4.90 Å². The summed E-state index contributed by atoms with van der Waals surface area (Å²) in [6.45, 7) is -0.552. The van der Waals surface area contributed by atoms with Crippen molar-refractivity contribution in [1.29, 1.82) is 0 Å². The predicted molar refractivity (Wildman–Crippen MR) is 42.8 cm³/mol. The minimum Gasteiger partial charge on any atom is -0.424 e. The second kappa shape index (κ2) is 4.30. The normalized spacial score (nSPS) is 11.4. The molecule has 0 spiro atoms. The molecule has 0 radical (unpaired) electrons. The van der Waals surface area contributed by atoms with Crippen LogP contribution in [0.2, 0.25) is 0 Å². The van der Waals surface area contributed by atoms with Gasteiger partial charge in [0.25, 0.3) is 6.47 Å². The van der Waals surface area contributed by atoms with Crippen LogP contribution in [0.3, 0.4) is 0 Å². The van der Waals surface area contributed by atoms with E-state index in [0.717, 1.165) is 0 Å². The summed E-state index contributed by atoms with van der Waals surface area (Å²) in [5.74, 6) is -11.3. The van der Waals surface area contributed by atoms with Crippen molar-refractivity contribution in [2.24, 2.45) is 0 Å². The number of hydrogen-bond donors (Lipinski definition) is 1. The zero-order chi connectivity index (χ0) is 13.4. The Kier molecular flexibility index (Phi) is 3.38. The van der Waals surface area contributed by atoms with Crippen LogP contribution in [-0.2, 0) is 14.9 Å². The molecular formula is C7H2F4O5S. The van der Waals surface area contributed by atoms with E-state index in [1.807, 2.05) is 0 Å². The fraction of sp³-hybridized carbons (Fsp3) is 0. The summed E-state index contributed by atoms with van der Waals surface area (Å²) >= 11 is 0. The van der Waals surface area contributed by atoms with E-state index in [-0.39, 0.29) is 0 Å². The summed E-state index contributed by atoms with van der Waals surface area (Å²) in [6, 6.07) is 0. The van der Waals surface area contributed by atoms with Crippen molar-refractivity contribution in [1.82, 2.24) is 0 Å². The van der Waals surface area contributed by atoms with Crippen LogP contribution in [0.4, 0.5) is 17.6 Å². The van der Waals surface area contributed by atoms with Crippen LogP contribution in [0, 0.1) is 23.3 Å². The molecule has 0 atom stereocenters. The molecule has 1 aromatic carbocycles. The highest BCUT2D eigenvalue weighted by Crippen LogP contribution is 2.33. The van der Waals surface area contributed by atoms with Crippen molar-refractivity contribution < 1.29 is 40.1 Å². The maximum atomic E-state index is 13.0. The second-order valence-electron chi connectivity index (χ2n) is 2.60. The molecule has 0 unspecified atom stereocenters. The molecule has 0 saturated heterocycles. The summed E-state index contributed by atoms with van der Waals surface area (Å²) < 4.78 is 84.8. The Morgan fingerprint density at radius 2 is 1.47 bits per heavy atom. The van der Waals surface area contributed by atoms with Gasteiger partial charge in [-0.3, -0.25) is 9.35 Å². The van der Waals surface area contributed by atoms with Crippen LogP contribution >= 0.6 is 0 Å². The van der Waals surface area contributed by atoms with Crippen LogP contribution in [0.5, 0.6) is 5.75 Å². The molecule has 0 aliphatic heterocycles. The molecular weight excluding hydrogens is 272 g/mol. The molecule has 1 aromatic rings. The Bertz CT molecular complexity index is 583. The third kappa shape index (κ3) is 2.22. The first kappa shape index (κ1) is 13.4. The van der Waals surface area contributed by atoms with Gasteiger partial charge in [0.15, 0.2) is 22.3 Å². The average Bonchev–Trinajstić information content (AvgIpc) is 2.21. The zero-order valence-electron chi connectivity index (χ0n) is 7.58. The highest BCUT2D eigenvalue weighted by Gasteiger charge is 2.33. The first-order chi connectivity index (χ1) is 7.71. The molecule has 5 nitrogen and oxygen atoms in total. The van der Waals surface area contributed by atoms with E-state index in [2.05, 4.69) is 4.74 Å². The number of carbonyl (C=O) groups excluding carboxylic acids is 1. The Morgan fingerprint density at radius 1 is 1.00 bits per heavy atom. The Hall–Kier alpha value is -1.68. The van der Waals surface area contributed by atoms with Gasteiger partial charge in [0.05, 0.1) is 0 Å². The van der Waals surface area contributed by atoms with E-state index in [4.69, 9.17) is 4.55 Å². The van der Waals surface area contributed by atoms with Gasteiger partial charge in [-0.25, -0.2) is 13.2 Å². The average molecular weight is 274 g/mol. The zero-order valence-corrected chi connectivity index (χ0v) is 8.39. The maximum Gasteiger partial charge on any atom is 0.301 e. The van der Waals surface area contributed by atoms with Gasteiger partial charge < -0.3 is 4.74 Å². The molecule has 10 heteroatoms. The molecule has 0 fully saturated rings. The summed E-state index contributed by atoms with van der Waals surface area (Å²) in [5.41, 5.74) is 0. The van der Waals surface area contributed by atoms with E-state index in [0.29, 0.717) is 0 Å². The van der Waals surface area contributed by atoms with Crippen molar-refractivity contribution >= 4 is 16.6 Å². The first-order valence-electron chi connectivity index (χ1n) is 3.65. The molecule has 17 heavy (non-hydrogen) atoms. The van der Waals surface area contributed by atoms with Gasteiger partial charge in [0, 0.05) is 0 Å². The number of halogens is 4. The van der Waals surface area contributed by atoms with E-state index in [9.17, 15) is 30.8 Å². The fourth-order valence-electron chi connectivity index (χ4n) is 0.975. The van der Waals surface area contributed by atoms with E-state index < -0.39 is 50.5 Å². The summed E-state index contributed by atoms with van der Waals surface area (Å²) in [5, 5.41) is 0. The monoisotopic (exact) mass is 274 g/mol. The van der Waals surface area contributed by atoms with Crippen LogP contribution in [0.1, 0.15) is 0 Å². The third-order valence-corrected chi connectivity index (χ3v) is 2.49. The predicted octanol–water partition coefficient (Wildman–Crippen LogP) is 1.02. The highest BCUT2D eigenvalue weighted by atomic mass is 32.2. The Balaban J connectivity index is 3.85. The Labute approximate surface area is 91.4 Å². The van der Waals surface area contributed by atoms with Gasteiger partial charge >= 0.3 is 10.1 Å². The van der Waals surface area contributed by atoms with Gasteiger partial charge in [-0.2, -0.15) is 12.8 Å². The molecule has 0 aliphatic carbocycles. The van der Waals surface area contributed by atoms with Gasteiger partial charge in [-0.15, -0.1) is 0 Å². The molecule has 0 amide bonds. The molecule has 0 heterocycles. The summed E-state index contributed by atoms with van der Waals surface area (Å²) in [6.07, 6.45) is 0. The largest absolute Gasteiger partial charge is 0.424 e. The lowest BCUT2D eigenvalue weighted by Crippen LogP contribution is -2.11.